The van der Waals surface area contributed by atoms with Gasteiger partial charge in [-0.15, -0.1) is 0 Å². The van der Waals surface area contributed by atoms with Crippen molar-refractivity contribution in [2.45, 2.75) is 234 Å². The van der Waals surface area contributed by atoms with Crippen molar-refractivity contribution in [2.24, 2.45) is 0 Å². The standard InChI is InChI=1S/2C18H33P.C2H4.Ni/c2*1-4-10-16(11-5-1)19(17-12-6-2-7-13-17)18-14-8-3-9-15-18;1-2;/h2*16-18H,1-15H2;1H,2H3;/p+2. The second-order valence-electron chi connectivity index (χ2n) is 15.2. The molecule has 0 heterocycles. The second-order valence-corrected chi connectivity index (χ2v) is 22.7. The molecule has 6 aliphatic carbocycles. The fraction of sp³-hybridized carbons (Fsp3) is 0.974. The molecule has 0 nitrogen and oxygen atoms in total. The van der Waals surface area contributed by atoms with Crippen molar-refractivity contribution in [3.63, 3.8) is 0 Å². The van der Waals surface area contributed by atoms with Gasteiger partial charge in [0.25, 0.3) is 0 Å². The summed E-state index contributed by atoms with van der Waals surface area (Å²) in [5.41, 5.74) is 7.36. The molecule has 0 unspecified atom stereocenters. The van der Waals surface area contributed by atoms with Crippen LogP contribution in [0.15, 0.2) is 0 Å². The summed E-state index contributed by atoms with van der Waals surface area (Å²) in [5.74, 6) is 0. The first kappa shape index (κ1) is 35.1. The zero-order valence-corrected chi connectivity index (χ0v) is 30.6. The van der Waals surface area contributed by atoms with E-state index in [-0.39, 0.29) is 15.8 Å². The van der Waals surface area contributed by atoms with Crippen LogP contribution in [0.2, 0.25) is 0 Å². The third kappa shape index (κ3) is 11.8. The molecule has 41 heavy (non-hydrogen) atoms. The van der Waals surface area contributed by atoms with Gasteiger partial charge >= 0.3 is 26.9 Å². The van der Waals surface area contributed by atoms with Gasteiger partial charge in [0, 0.05) is 15.8 Å². The molecule has 242 valence electrons. The zero-order valence-electron chi connectivity index (χ0n) is 27.6. The first-order chi connectivity index (χ1) is 20.3. The normalized spacial score (nSPS) is 27.1. The molecule has 6 saturated carbocycles. The van der Waals surface area contributed by atoms with E-state index < -0.39 is 0 Å². The van der Waals surface area contributed by atoms with Gasteiger partial charge in [-0.1, -0.05) is 38.5 Å². The Hall–Kier alpha value is 1.22. The molecule has 0 amide bonds. The van der Waals surface area contributed by atoms with Crippen LogP contribution in [0.4, 0.5) is 0 Å². The minimum atomic E-state index is -0.0465. The summed E-state index contributed by atoms with van der Waals surface area (Å²) < 4.78 is 0. The Bertz CT molecular complexity index is 506. The van der Waals surface area contributed by atoms with Gasteiger partial charge in [0.1, 0.15) is 0 Å². The van der Waals surface area contributed by atoms with Crippen LogP contribution in [-0.2, 0) is 15.0 Å². The SMILES string of the molecule is C1CCC([PH+](C2CCCCC2)C2CCCCC2)CC1.C1CCC([PH+](C2CCCCC2)C2CCCCC2)CC1.C[CH]=[Ni]. The maximum absolute atomic E-state index is 4.04. The van der Waals surface area contributed by atoms with E-state index in [1.165, 1.54) is 34.0 Å². The van der Waals surface area contributed by atoms with Crippen molar-refractivity contribution in [1.29, 1.82) is 0 Å². The number of hydrogen-bond acceptors (Lipinski definition) is 0. The molecule has 0 radical (unpaired) electrons. The van der Waals surface area contributed by atoms with Gasteiger partial charge in [-0.3, -0.25) is 0 Å². The van der Waals surface area contributed by atoms with E-state index in [4.69, 9.17) is 0 Å². The molecular weight excluding hydrogens is 577 g/mol. The minimum absolute atomic E-state index is 0.0465. The molecule has 0 aromatic rings. The second kappa shape index (κ2) is 21.1. The molecule has 3 heteroatoms. The first-order valence-corrected chi connectivity index (χ1v) is 23.4. The number of rotatable bonds is 6. The van der Waals surface area contributed by atoms with Crippen LogP contribution < -0.4 is 0 Å². The van der Waals surface area contributed by atoms with E-state index in [1.807, 2.05) is 6.92 Å². The average Bonchev–Trinajstić information content (AvgIpc) is 3.05. The van der Waals surface area contributed by atoms with Crippen LogP contribution in [0.1, 0.15) is 200 Å². The fourth-order valence-electron chi connectivity index (χ4n) is 10.6. The van der Waals surface area contributed by atoms with E-state index in [2.05, 4.69) is 15.0 Å². The fourth-order valence-corrected chi connectivity index (χ4v) is 21.1. The van der Waals surface area contributed by atoms with Gasteiger partial charge in [0.05, 0.1) is 34.0 Å². The summed E-state index contributed by atoms with van der Waals surface area (Å²) in [6, 6.07) is 0. The van der Waals surface area contributed by atoms with Crippen LogP contribution in [0.3, 0.4) is 0 Å². The van der Waals surface area contributed by atoms with Gasteiger partial charge < -0.3 is 0 Å². The maximum atomic E-state index is 4.04. The van der Waals surface area contributed by atoms with E-state index in [0.717, 1.165) is 0 Å². The summed E-state index contributed by atoms with van der Waals surface area (Å²) in [6.45, 7) is 1.83. The quantitative estimate of drug-likeness (QED) is 0.198. The Balaban J connectivity index is 0.000000173. The first-order valence-electron chi connectivity index (χ1n) is 19.4. The van der Waals surface area contributed by atoms with Crippen LogP contribution >= 0.6 is 15.8 Å². The van der Waals surface area contributed by atoms with E-state index in [1.54, 1.807) is 198 Å². The molecule has 0 spiro atoms. The molecule has 6 aliphatic rings. The van der Waals surface area contributed by atoms with Gasteiger partial charge in [-0.2, -0.15) is 0 Å². The molecular formula is C38H72NiP2+2. The molecule has 0 atom stereocenters. The Kier molecular flexibility index (Phi) is 18.1. The predicted octanol–water partition coefficient (Wildman–Crippen LogP) is 12.8. The van der Waals surface area contributed by atoms with Crippen LogP contribution in [0.25, 0.3) is 0 Å². The Morgan fingerprint density at radius 3 is 0.561 bits per heavy atom. The van der Waals surface area contributed by atoms with Gasteiger partial charge in [-0.05, 0) is 154 Å². The molecule has 0 aromatic heterocycles. The van der Waals surface area contributed by atoms with Crippen molar-refractivity contribution in [2.75, 3.05) is 0 Å². The zero-order chi connectivity index (χ0) is 28.5. The van der Waals surface area contributed by atoms with Gasteiger partial charge in [-0.25, -0.2) is 0 Å². The summed E-state index contributed by atoms with van der Waals surface area (Å²) in [6.07, 6.45) is 47.6. The summed E-state index contributed by atoms with van der Waals surface area (Å²) in [4.78, 5) is 1.62. The van der Waals surface area contributed by atoms with Crippen molar-refractivity contribution >= 4 is 20.8 Å². The van der Waals surface area contributed by atoms with Crippen LogP contribution in [0, 0.1) is 0 Å². The molecule has 0 bridgehead atoms. The Morgan fingerprint density at radius 2 is 0.439 bits per heavy atom. The average molecular weight is 650 g/mol. The Morgan fingerprint density at radius 1 is 0.317 bits per heavy atom. The van der Waals surface area contributed by atoms with E-state index in [0.29, 0.717) is 0 Å². The van der Waals surface area contributed by atoms with Gasteiger partial charge in [0.2, 0.25) is 0 Å². The molecule has 0 aromatic carbocycles. The van der Waals surface area contributed by atoms with Crippen molar-refractivity contribution in [3.05, 3.63) is 0 Å². The van der Waals surface area contributed by atoms with E-state index >= 15 is 0 Å². The predicted molar refractivity (Wildman–Crippen MR) is 190 cm³/mol. The van der Waals surface area contributed by atoms with Crippen molar-refractivity contribution in [1.82, 2.24) is 0 Å². The van der Waals surface area contributed by atoms with Gasteiger partial charge in [0.15, 0.2) is 0 Å². The molecule has 0 N–H and O–H groups in total. The third-order valence-electron chi connectivity index (χ3n) is 12.5. The molecule has 6 rings (SSSR count). The van der Waals surface area contributed by atoms with Crippen LogP contribution in [-0.4, -0.2) is 38.9 Å². The third-order valence-corrected chi connectivity index (χ3v) is 21.6. The monoisotopic (exact) mass is 648 g/mol. The van der Waals surface area contributed by atoms with Crippen molar-refractivity contribution < 1.29 is 15.0 Å². The summed E-state index contributed by atoms with van der Waals surface area (Å²) in [7, 11) is -0.0930. The summed E-state index contributed by atoms with van der Waals surface area (Å²) in [5, 5.41) is 0. The van der Waals surface area contributed by atoms with E-state index in [9.17, 15) is 0 Å². The van der Waals surface area contributed by atoms with Crippen LogP contribution in [0.5, 0.6) is 0 Å². The van der Waals surface area contributed by atoms with Crippen molar-refractivity contribution in [3.8, 4) is 0 Å². The number of hydrogen-bond donors (Lipinski definition) is 0. The molecule has 0 saturated heterocycles. The molecule has 6 fully saturated rings. The summed E-state index contributed by atoms with van der Waals surface area (Å²) >= 11 is 4.04. The topological polar surface area (TPSA) is 0 Å². The Labute approximate surface area is 268 Å². The molecule has 0 aliphatic heterocycles.